The van der Waals surface area contributed by atoms with Crippen molar-refractivity contribution >= 4 is 11.6 Å². The second-order valence-electron chi connectivity index (χ2n) is 4.92. The molecule has 0 bridgehead atoms. The molecule has 0 aliphatic carbocycles. The number of nitrogens with zero attached hydrogens (tertiary/aromatic N) is 1. The minimum Gasteiger partial charge on any atom is -0.311 e. The summed E-state index contributed by atoms with van der Waals surface area (Å²) < 4.78 is 0. The maximum atomic E-state index is 12.5. The molecule has 1 aliphatic rings. The molecule has 3 nitrogen and oxygen atoms in total. The molecule has 1 N–H and O–H groups in total. The van der Waals surface area contributed by atoms with Gasteiger partial charge in [-0.1, -0.05) is 24.1 Å². The van der Waals surface area contributed by atoms with Crippen LogP contribution in [0.3, 0.4) is 0 Å². The average molecular weight is 246 g/mol. The zero-order valence-corrected chi connectivity index (χ0v) is 11.3. The minimum absolute atomic E-state index is 0.00000283. The highest BCUT2D eigenvalue weighted by Crippen LogP contribution is 2.18. The van der Waals surface area contributed by atoms with Crippen LogP contribution in [0.2, 0.25) is 0 Å². The van der Waals surface area contributed by atoms with Crippen LogP contribution in [0.5, 0.6) is 0 Å². The third-order valence-electron chi connectivity index (χ3n) is 3.54. The lowest BCUT2D eigenvalue weighted by molar-refractivity contribution is -0.121. The van der Waals surface area contributed by atoms with Crippen LogP contribution in [0.15, 0.2) is 24.3 Å². The van der Waals surface area contributed by atoms with Gasteiger partial charge in [-0.05, 0) is 45.4 Å². The van der Waals surface area contributed by atoms with Crippen molar-refractivity contribution in [3.05, 3.63) is 29.8 Å². The molecule has 0 unspecified atom stereocenters. The van der Waals surface area contributed by atoms with Crippen molar-refractivity contribution in [2.24, 2.45) is 0 Å². The standard InChI is InChI=1S/C15H22N2O/c1-3-17(13-9-7-12(2)8-10-13)15(18)14-6-4-5-11-16-14/h7-10,14,16H,3-6,11H2,1-2H3/t14-/m0/s1. The van der Waals surface area contributed by atoms with Gasteiger partial charge in [-0.3, -0.25) is 4.79 Å². The van der Waals surface area contributed by atoms with Gasteiger partial charge < -0.3 is 10.2 Å². The van der Waals surface area contributed by atoms with E-state index in [0.717, 1.165) is 31.6 Å². The Bertz CT molecular complexity index is 393. The molecule has 1 amide bonds. The van der Waals surface area contributed by atoms with Gasteiger partial charge in [0, 0.05) is 12.2 Å². The number of piperidine rings is 1. The predicted molar refractivity (Wildman–Crippen MR) is 74.8 cm³/mol. The summed E-state index contributed by atoms with van der Waals surface area (Å²) in [5.74, 6) is 0.209. The van der Waals surface area contributed by atoms with Crippen molar-refractivity contribution in [1.29, 1.82) is 0 Å². The fourth-order valence-electron chi connectivity index (χ4n) is 2.44. The van der Waals surface area contributed by atoms with Crippen molar-refractivity contribution in [3.8, 4) is 0 Å². The van der Waals surface area contributed by atoms with Gasteiger partial charge >= 0.3 is 0 Å². The quantitative estimate of drug-likeness (QED) is 0.888. The SMILES string of the molecule is CCN(C(=O)[C@@H]1CCCCN1)c1ccc(C)cc1. The molecule has 1 atom stereocenters. The fraction of sp³-hybridized carbons (Fsp3) is 0.533. The molecule has 1 aromatic carbocycles. The first-order chi connectivity index (χ1) is 8.72. The molecule has 1 heterocycles. The third kappa shape index (κ3) is 2.91. The monoisotopic (exact) mass is 246 g/mol. The topological polar surface area (TPSA) is 32.3 Å². The first kappa shape index (κ1) is 13.1. The fourth-order valence-corrected chi connectivity index (χ4v) is 2.44. The number of rotatable bonds is 3. The summed E-state index contributed by atoms with van der Waals surface area (Å²) in [7, 11) is 0. The van der Waals surface area contributed by atoms with Crippen LogP contribution in [0.25, 0.3) is 0 Å². The lowest BCUT2D eigenvalue weighted by atomic mass is 10.0. The van der Waals surface area contributed by atoms with Crippen LogP contribution >= 0.6 is 0 Å². The molecular formula is C15H22N2O. The lowest BCUT2D eigenvalue weighted by Gasteiger charge is -2.29. The second-order valence-corrected chi connectivity index (χ2v) is 4.92. The Balaban J connectivity index is 2.12. The van der Waals surface area contributed by atoms with Crippen molar-refractivity contribution < 1.29 is 4.79 Å². The number of hydrogen-bond donors (Lipinski definition) is 1. The lowest BCUT2D eigenvalue weighted by Crippen LogP contribution is -2.48. The van der Waals surface area contributed by atoms with Gasteiger partial charge in [0.15, 0.2) is 0 Å². The van der Waals surface area contributed by atoms with Gasteiger partial charge in [-0.25, -0.2) is 0 Å². The highest BCUT2D eigenvalue weighted by molar-refractivity contribution is 5.97. The molecule has 0 spiro atoms. The maximum absolute atomic E-state index is 12.5. The van der Waals surface area contributed by atoms with Crippen molar-refractivity contribution in [2.75, 3.05) is 18.0 Å². The zero-order chi connectivity index (χ0) is 13.0. The van der Waals surface area contributed by atoms with E-state index in [1.807, 2.05) is 24.0 Å². The van der Waals surface area contributed by atoms with E-state index in [9.17, 15) is 4.79 Å². The van der Waals surface area contributed by atoms with Gasteiger partial charge in [-0.2, -0.15) is 0 Å². The first-order valence-corrected chi connectivity index (χ1v) is 6.84. The molecule has 1 aromatic rings. The van der Waals surface area contributed by atoms with Crippen LogP contribution < -0.4 is 10.2 Å². The minimum atomic E-state index is 0.00000283. The molecule has 1 saturated heterocycles. The van der Waals surface area contributed by atoms with E-state index in [2.05, 4.69) is 24.4 Å². The first-order valence-electron chi connectivity index (χ1n) is 6.84. The molecule has 0 aromatic heterocycles. The van der Waals surface area contributed by atoms with Gasteiger partial charge in [-0.15, -0.1) is 0 Å². The van der Waals surface area contributed by atoms with Crippen LogP contribution in [0, 0.1) is 6.92 Å². The Labute approximate surface area is 109 Å². The maximum Gasteiger partial charge on any atom is 0.244 e. The number of benzene rings is 1. The van der Waals surface area contributed by atoms with E-state index in [0.29, 0.717) is 0 Å². The molecule has 1 fully saturated rings. The molecule has 3 heteroatoms. The molecule has 18 heavy (non-hydrogen) atoms. The van der Waals surface area contributed by atoms with Crippen LogP contribution in [-0.4, -0.2) is 25.0 Å². The summed E-state index contributed by atoms with van der Waals surface area (Å²) in [5, 5.41) is 3.32. The molecule has 1 aliphatic heterocycles. The van der Waals surface area contributed by atoms with E-state index >= 15 is 0 Å². The number of hydrogen-bond acceptors (Lipinski definition) is 2. The van der Waals surface area contributed by atoms with E-state index in [-0.39, 0.29) is 11.9 Å². The molecule has 0 radical (unpaired) electrons. The van der Waals surface area contributed by atoms with Crippen LogP contribution in [0.1, 0.15) is 31.7 Å². The Morgan fingerprint density at radius 3 is 2.61 bits per heavy atom. The van der Waals surface area contributed by atoms with E-state index < -0.39 is 0 Å². The Morgan fingerprint density at radius 2 is 2.06 bits per heavy atom. The number of anilines is 1. The summed E-state index contributed by atoms with van der Waals surface area (Å²) in [6, 6.07) is 8.16. The Morgan fingerprint density at radius 1 is 1.33 bits per heavy atom. The summed E-state index contributed by atoms with van der Waals surface area (Å²) >= 11 is 0. The smallest absolute Gasteiger partial charge is 0.244 e. The summed E-state index contributed by atoms with van der Waals surface area (Å²) in [4.78, 5) is 14.4. The summed E-state index contributed by atoms with van der Waals surface area (Å²) in [6.45, 7) is 5.77. The molecule has 0 saturated carbocycles. The number of amides is 1. The van der Waals surface area contributed by atoms with Crippen molar-refractivity contribution in [3.63, 3.8) is 0 Å². The third-order valence-corrected chi connectivity index (χ3v) is 3.54. The van der Waals surface area contributed by atoms with Crippen LogP contribution in [-0.2, 0) is 4.79 Å². The number of nitrogens with one attached hydrogen (secondary N) is 1. The number of carbonyl (C=O) groups excluding carboxylic acids is 1. The van der Waals surface area contributed by atoms with Crippen molar-refractivity contribution in [2.45, 2.75) is 39.2 Å². The highest BCUT2D eigenvalue weighted by Gasteiger charge is 2.25. The zero-order valence-electron chi connectivity index (χ0n) is 11.3. The number of likely N-dealkylation sites (N-methyl/N-ethyl adjacent to an activating group) is 1. The Hall–Kier alpha value is -1.35. The van der Waals surface area contributed by atoms with Gasteiger partial charge in [0.1, 0.15) is 0 Å². The van der Waals surface area contributed by atoms with Gasteiger partial charge in [0.05, 0.1) is 6.04 Å². The number of aryl methyl sites for hydroxylation is 1. The summed E-state index contributed by atoms with van der Waals surface area (Å²) in [5.41, 5.74) is 2.22. The highest BCUT2D eigenvalue weighted by atomic mass is 16.2. The molecule has 2 rings (SSSR count). The van der Waals surface area contributed by atoms with E-state index in [1.54, 1.807) is 0 Å². The largest absolute Gasteiger partial charge is 0.311 e. The normalized spacial score (nSPS) is 19.6. The van der Waals surface area contributed by atoms with Crippen LogP contribution in [0.4, 0.5) is 5.69 Å². The van der Waals surface area contributed by atoms with E-state index in [1.165, 1.54) is 12.0 Å². The summed E-state index contributed by atoms with van der Waals surface area (Å²) in [6.07, 6.45) is 3.29. The average Bonchev–Trinajstić information content (AvgIpc) is 2.42. The van der Waals surface area contributed by atoms with E-state index in [4.69, 9.17) is 0 Å². The van der Waals surface area contributed by atoms with Crippen molar-refractivity contribution in [1.82, 2.24) is 5.32 Å². The predicted octanol–water partition coefficient (Wildman–Crippen LogP) is 2.49. The molecular weight excluding hydrogens is 224 g/mol. The Kier molecular flexibility index (Phi) is 4.37. The van der Waals surface area contributed by atoms with Gasteiger partial charge in [0.2, 0.25) is 5.91 Å². The number of carbonyl (C=O) groups is 1. The second kappa shape index (κ2) is 6.01. The molecule has 98 valence electrons. The van der Waals surface area contributed by atoms with Gasteiger partial charge in [0.25, 0.3) is 0 Å².